The summed E-state index contributed by atoms with van der Waals surface area (Å²) < 4.78 is 6.02. The molecule has 160 valence electrons. The van der Waals surface area contributed by atoms with Crippen molar-refractivity contribution in [3.05, 3.63) is 87.7 Å². The van der Waals surface area contributed by atoms with Gasteiger partial charge in [0, 0.05) is 15.4 Å². The summed E-state index contributed by atoms with van der Waals surface area (Å²) in [6, 6.07) is 19.3. The molecule has 0 aliphatic rings. The van der Waals surface area contributed by atoms with Gasteiger partial charge < -0.3 is 4.74 Å². The zero-order valence-electron chi connectivity index (χ0n) is 16.5. The molecule has 0 radical (unpaired) electrons. The van der Waals surface area contributed by atoms with E-state index in [0.717, 1.165) is 9.35 Å². The second-order valence-corrected chi connectivity index (χ2v) is 8.50. The van der Waals surface area contributed by atoms with Crippen molar-refractivity contribution in [2.45, 2.75) is 0 Å². The van der Waals surface area contributed by atoms with E-state index in [9.17, 15) is 14.4 Å². The number of rotatable bonds is 5. The summed E-state index contributed by atoms with van der Waals surface area (Å²) >= 11 is 4.80. The lowest BCUT2D eigenvalue weighted by Crippen LogP contribution is -2.43. The number of pyridine rings is 1. The van der Waals surface area contributed by atoms with Crippen LogP contribution in [-0.2, 0) is 9.53 Å². The van der Waals surface area contributed by atoms with Gasteiger partial charge >= 0.3 is 5.97 Å². The predicted molar refractivity (Wildman–Crippen MR) is 125 cm³/mol. The Balaban J connectivity index is 1.42. The van der Waals surface area contributed by atoms with E-state index in [1.165, 1.54) is 11.3 Å². The van der Waals surface area contributed by atoms with Gasteiger partial charge in [0.05, 0.1) is 21.7 Å². The summed E-state index contributed by atoms with van der Waals surface area (Å²) in [6.45, 7) is -0.551. The zero-order chi connectivity index (χ0) is 22.5. The van der Waals surface area contributed by atoms with Crippen LogP contribution in [0.1, 0.15) is 20.7 Å². The van der Waals surface area contributed by atoms with Crippen molar-refractivity contribution in [3.8, 4) is 10.6 Å². The number of aromatic nitrogens is 1. The van der Waals surface area contributed by atoms with Crippen LogP contribution >= 0.6 is 27.3 Å². The summed E-state index contributed by atoms with van der Waals surface area (Å²) in [6.07, 6.45) is 0. The highest BCUT2D eigenvalue weighted by Gasteiger charge is 2.17. The van der Waals surface area contributed by atoms with E-state index in [4.69, 9.17) is 4.74 Å². The topological polar surface area (TPSA) is 97.4 Å². The molecule has 0 fully saturated rings. The van der Waals surface area contributed by atoms with E-state index >= 15 is 0 Å². The molecule has 2 aromatic carbocycles. The smallest absolute Gasteiger partial charge is 0.339 e. The van der Waals surface area contributed by atoms with Gasteiger partial charge in [-0.05, 0) is 47.8 Å². The monoisotopic (exact) mass is 509 g/mol. The molecule has 2 heterocycles. The molecule has 2 N–H and O–H groups in total. The normalized spacial score (nSPS) is 10.5. The average Bonchev–Trinajstić information content (AvgIpc) is 3.36. The largest absolute Gasteiger partial charge is 0.452 e. The predicted octanol–water partition coefficient (Wildman–Crippen LogP) is 4.34. The van der Waals surface area contributed by atoms with Crippen molar-refractivity contribution >= 4 is 56.0 Å². The molecule has 0 bridgehead atoms. The Morgan fingerprint density at radius 3 is 2.50 bits per heavy atom. The van der Waals surface area contributed by atoms with Crippen molar-refractivity contribution in [1.82, 2.24) is 15.8 Å². The molecule has 2 amide bonds. The number of nitrogens with zero attached hydrogens (tertiary/aromatic N) is 1. The van der Waals surface area contributed by atoms with Crippen LogP contribution in [0.4, 0.5) is 0 Å². The number of hydrogen-bond donors (Lipinski definition) is 2. The van der Waals surface area contributed by atoms with Gasteiger partial charge in [0.25, 0.3) is 11.8 Å². The van der Waals surface area contributed by atoms with Gasteiger partial charge in [0.15, 0.2) is 6.61 Å². The fourth-order valence-corrected chi connectivity index (χ4v) is 3.89. The van der Waals surface area contributed by atoms with Crippen molar-refractivity contribution in [1.29, 1.82) is 0 Å². The van der Waals surface area contributed by atoms with Crippen molar-refractivity contribution in [2.75, 3.05) is 6.61 Å². The number of hydrazine groups is 1. The number of fused-ring (bicyclic) bond motifs is 1. The molecule has 0 aliphatic heterocycles. The average molecular weight is 510 g/mol. The van der Waals surface area contributed by atoms with Crippen LogP contribution in [-0.4, -0.2) is 29.4 Å². The third kappa shape index (κ3) is 5.01. The van der Waals surface area contributed by atoms with Gasteiger partial charge in [-0.1, -0.05) is 40.2 Å². The van der Waals surface area contributed by atoms with E-state index in [2.05, 4.69) is 31.8 Å². The Hall–Kier alpha value is -3.56. The summed E-state index contributed by atoms with van der Waals surface area (Å²) in [5.74, 6) is -1.81. The lowest BCUT2D eigenvalue weighted by molar-refractivity contribution is -0.125. The Labute approximate surface area is 195 Å². The number of carbonyl (C=O) groups is 3. The molecule has 0 atom stereocenters. The van der Waals surface area contributed by atoms with E-state index in [-0.39, 0.29) is 0 Å². The highest BCUT2D eigenvalue weighted by atomic mass is 79.9. The maximum Gasteiger partial charge on any atom is 0.339 e. The number of amides is 2. The Kier molecular flexibility index (Phi) is 6.58. The zero-order valence-corrected chi connectivity index (χ0v) is 18.9. The lowest BCUT2D eigenvalue weighted by atomic mass is 10.1. The number of hydrogen-bond acceptors (Lipinski definition) is 6. The lowest BCUT2D eigenvalue weighted by Gasteiger charge is -2.10. The molecule has 4 rings (SSSR count). The SMILES string of the molecule is O=C(COC(=O)c1cc(-c2cccs2)nc2ccccc12)NNC(=O)c1ccc(Br)cc1. The first-order valence-corrected chi connectivity index (χ1v) is 11.1. The van der Waals surface area contributed by atoms with Crippen LogP contribution in [0.25, 0.3) is 21.5 Å². The Bertz CT molecular complexity index is 1290. The van der Waals surface area contributed by atoms with Gasteiger partial charge in [-0.15, -0.1) is 11.3 Å². The van der Waals surface area contributed by atoms with Crippen molar-refractivity contribution in [2.24, 2.45) is 0 Å². The summed E-state index contributed by atoms with van der Waals surface area (Å²) in [7, 11) is 0. The van der Waals surface area contributed by atoms with Gasteiger partial charge in [0.2, 0.25) is 0 Å². The molecule has 32 heavy (non-hydrogen) atoms. The number of nitrogens with one attached hydrogen (secondary N) is 2. The fraction of sp³-hybridized carbons (Fsp3) is 0.0435. The Morgan fingerprint density at radius 1 is 0.969 bits per heavy atom. The molecule has 9 heteroatoms. The van der Waals surface area contributed by atoms with Gasteiger partial charge in [-0.3, -0.25) is 20.4 Å². The quantitative estimate of drug-likeness (QED) is 0.308. The molecular formula is C23H16BrN3O4S. The van der Waals surface area contributed by atoms with Gasteiger partial charge in [0.1, 0.15) is 0 Å². The second-order valence-electron chi connectivity index (χ2n) is 6.63. The summed E-state index contributed by atoms with van der Waals surface area (Å²) in [5.41, 5.74) is 6.50. The number of benzene rings is 2. The maximum atomic E-state index is 12.8. The number of halogens is 1. The second kappa shape index (κ2) is 9.71. The molecule has 4 aromatic rings. The molecule has 0 aliphatic carbocycles. The molecule has 2 aromatic heterocycles. The van der Waals surface area contributed by atoms with Crippen LogP contribution in [0.2, 0.25) is 0 Å². The number of para-hydroxylation sites is 1. The van der Waals surface area contributed by atoms with Crippen molar-refractivity contribution < 1.29 is 19.1 Å². The summed E-state index contributed by atoms with van der Waals surface area (Å²) in [5, 5.41) is 2.55. The van der Waals surface area contributed by atoms with E-state index in [1.807, 2.05) is 29.6 Å². The van der Waals surface area contributed by atoms with E-state index in [0.29, 0.717) is 27.7 Å². The first-order valence-electron chi connectivity index (χ1n) is 9.47. The fourth-order valence-electron chi connectivity index (χ4n) is 2.94. The van der Waals surface area contributed by atoms with E-state index in [1.54, 1.807) is 42.5 Å². The number of thiophene rings is 1. The van der Waals surface area contributed by atoms with Crippen LogP contribution in [0.3, 0.4) is 0 Å². The van der Waals surface area contributed by atoms with Crippen LogP contribution < -0.4 is 10.9 Å². The van der Waals surface area contributed by atoms with Crippen molar-refractivity contribution in [3.63, 3.8) is 0 Å². The first kappa shape index (κ1) is 21.7. The third-order valence-corrected chi connectivity index (χ3v) is 5.89. The molecular weight excluding hydrogens is 494 g/mol. The first-order chi connectivity index (χ1) is 15.5. The maximum absolute atomic E-state index is 12.8. The minimum absolute atomic E-state index is 0.311. The number of esters is 1. The molecule has 0 saturated heterocycles. The highest BCUT2D eigenvalue weighted by Crippen LogP contribution is 2.28. The highest BCUT2D eigenvalue weighted by molar-refractivity contribution is 9.10. The third-order valence-electron chi connectivity index (χ3n) is 4.47. The molecule has 0 saturated carbocycles. The van der Waals surface area contributed by atoms with Crippen LogP contribution in [0.5, 0.6) is 0 Å². The number of carbonyl (C=O) groups excluding carboxylic acids is 3. The van der Waals surface area contributed by atoms with Gasteiger partial charge in [-0.25, -0.2) is 9.78 Å². The minimum Gasteiger partial charge on any atom is -0.452 e. The summed E-state index contributed by atoms with van der Waals surface area (Å²) in [4.78, 5) is 42.4. The number of ether oxygens (including phenoxy) is 1. The van der Waals surface area contributed by atoms with Crippen LogP contribution in [0, 0.1) is 0 Å². The Morgan fingerprint density at radius 2 is 1.75 bits per heavy atom. The van der Waals surface area contributed by atoms with E-state index < -0.39 is 24.4 Å². The molecule has 7 nitrogen and oxygen atoms in total. The molecule has 0 unspecified atom stereocenters. The minimum atomic E-state index is -0.666. The van der Waals surface area contributed by atoms with Crippen LogP contribution in [0.15, 0.2) is 76.6 Å². The standard InChI is InChI=1S/C23H16BrN3O4S/c24-15-9-7-14(8-10-15)22(29)27-26-21(28)13-31-23(30)17-12-19(20-6-3-11-32-20)25-18-5-2-1-4-16(17)18/h1-12H,13H2,(H,26,28)(H,27,29). The van der Waals surface area contributed by atoms with Gasteiger partial charge in [-0.2, -0.15) is 0 Å². The molecule has 0 spiro atoms.